The fraction of sp³-hybridized carbons (Fsp3) is 0.250. The topological polar surface area (TPSA) is 55.5 Å². The highest BCUT2D eigenvalue weighted by atomic mass is 35.5. The van der Waals surface area contributed by atoms with E-state index >= 15 is 0 Å². The van der Waals surface area contributed by atoms with Crippen molar-refractivity contribution < 1.29 is 9.84 Å². The summed E-state index contributed by atoms with van der Waals surface area (Å²) in [6.07, 6.45) is 0. The molecule has 0 saturated carbocycles. The number of aromatic hydroxyl groups is 1. The van der Waals surface area contributed by atoms with Gasteiger partial charge in [-0.15, -0.1) is 0 Å². The van der Waals surface area contributed by atoms with Gasteiger partial charge in [0.25, 0.3) is 0 Å². The van der Waals surface area contributed by atoms with Crippen molar-refractivity contribution in [2.45, 2.75) is 6.54 Å². The first kappa shape index (κ1) is 9.16. The highest BCUT2D eigenvalue weighted by Crippen LogP contribution is 2.36. The first-order valence-electron chi connectivity index (χ1n) is 3.45. The van der Waals surface area contributed by atoms with E-state index in [-0.39, 0.29) is 10.8 Å². The first-order valence-corrected chi connectivity index (χ1v) is 3.83. The van der Waals surface area contributed by atoms with Gasteiger partial charge in [-0.25, -0.2) is 0 Å². The zero-order chi connectivity index (χ0) is 9.14. The van der Waals surface area contributed by atoms with Crippen LogP contribution in [-0.2, 0) is 6.54 Å². The second-order valence-electron chi connectivity index (χ2n) is 2.29. The zero-order valence-corrected chi connectivity index (χ0v) is 7.43. The Morgan fingerprint density at radius 1 is 1.58 bits per heavy atom. The molecule has 0 fully saturated rings. The van der Waals surface area contributed by atoms with E-state index in [0.717, 1.165) is 5.56 Å². The number of rotatable bonds is 2. The number of methoxy groups -OCH3 is 1. The van der Waals surface area contributed by atoms with Gasteiger partial charge in [0.05, 0.1) is 12.1 Å². The SMILES string of the molecule is COc1c(CN)ccc(Cl)c1O. The maximum atomic E-state index is 9.40. The molecule has 66 valence electrons. The van der Waals surface area contributed by atoms with Crippen LogP contribution in [0, 0.1) is 0 Å². The third-order valence-electron chi connectivity index (χ3n) is 1.59. The molecular weight excluding hydrogens is 178 g/mol. The van der Waals surface area contributed by atoms with Crippen molar-refractivity contribution in [2.24, 2.45) is 5.73 Å². The van der Waals surface area contributed by atoms with Crippen LogP contribution in [0.25, 0.3) is 0 Å². The van der Waals surface area contributed by atoms with Gasteiger partial charge in [-0.1, -0.05) is 17.7 Å². The van der Waals surface area contributed by atoms with E-state index in [1.54, 1.807) is 12.1 Å². The molecule has 3 N–H and O–H groups in total. The van der Waals surface area contributed by atoms with Crippen LogP contribution in [0.15, 0.2) is 12.1 Å². The molecular formula is C8H10ClNO2. The molecule has 0 unspecified atom stereocenters. The molecule has 0 aromatic heterocycles. The van der Waals surface area contributed by atoms with Gasteiger partial charge in [0.2, 0.25) is 0 Å². The van der Waals surface area contributed by atoms with Gasteiger partial charge in [-0.2, -0.15) is 0 Å². The first-order chi connectivity index (χ1) is 5.70. The molecule has 3 nitrogen and oxygen atoms in total. The number of halogens is 1. The summed E-state index contributed by atoms with van der Waals surface area (Å²) in [5.41, 5.74) is 6.15. The van der Waals surface area contributed by atoms with Crippen LogP contribution >= 0.6 is 11.6 Å². The number of phenolic OH excluding ortho intramolecular Hbond substituents is 1. The minimum Gasteiger partial charge on any atom is -0.503 e. The molecule has 0 saturated heterocycles. The van der Waals surface area contributed by atoms with Gasteiger partial charge in [-0.05, 0) is 6.07 Å². The minimum absolute atomic E-state index is 0.0536. The largest absolute Gasteiger partial charge is 0.503 e. The van der Waals surface area contributed by atoms with Gasteiger partial charge in [0, 0.05) is 12.1 Å². The van der Waals surface area contributed by atoms with Crippen molar-refractivity contribution in [3.8, 4) is 11.5 Å². The lowest BCUT2D eigenvalue weighted by atomic mass is 10.2. The monoisotopic (exact) mass is 187 g/mol. The predicted octanol–water partition coefficient (Wildman–Crippen LogP) is 1.51. The Balaban J connectivity index is 3.25. The van der Waals surface area contributed by atoms with Gasteiger partial charge in [0.15, 0.2) is 11.5 Å². The second-order valence-corrected chi connectivity index (χ2v) is 2.70. The van der Waals surface area contributed by atoms with Crippen LogP contribution < -0.4 is 10.5 Å². The lowest BCUT2D eigenvalue weighted by molar-refractivity contribution is 0.369. The van der Waals surface area contributed by atoms with Crippen LogP contribution in [0.3, 0.4) is 0 Å². The van der Waals surface area contributed by atoms with Crippen molar-refractivity contribution >= 4 is 11.6 Å². The average molecular weight is 188 g/mol. The molecule has 1 aromatic carbocycles. The van der Waals surface area contributed by atoms with Crippen LogP contribution in [-0.4, -0.2) is 12.2 Å². The molecule has 0 radical (unpaired) electrons. The summed E-state index contributed by atoms with van der Waals surface area (Å²) < 4.78 is 4.93. The molecule has 1 rings (SSSR count). The summed E-state index contributed by atoms with van der Waals surface area (Å²) in [4.78, 5) is 0. The van der Waals surface area contributed by atoms with Crippen LogP contribution in [0.1, 0.15) is 5.56 Å². The highest BCUT2D eigenvalue weighted by Gasteiger charge is 2.10. The predicted molar refractivity (Wildman–Crippen MR) is 47.6 cm³/mol. The van der Waals surface area contributed by atoms with Crippen LogP contribution in [0.4, 0.5) is 0 Å². The van der Waals surface area contributed by atoms with Crippen molar-refractivity contribution in [2.75, 3.05) is 7.11 Å². The zero-order valence-electron chi connectivity index (χ0n) is 6.67. The third-order valence-corrected chi connectivity index (χ3v) is 1.89. The highest BCUT2D eigenvalue weighted by molar-refractivity contribution is 6.32. The van der Waals surface area contributed by atoms with Gasteiger partial charge in [0.1, 0.15) is 0 Å². The van der Waals surface area contributed by atoms with E-state index in [1.807, 2.05) is 0 Å². The summed E-state index contributed by atoms with van der Waals surface area (Å²) in [5.74, 6) is 0.298. The molecule has 0 aliphatic rings. The van der Waals surface area contributed by atoms with Crippen molar-refractivity contribution in [1.82, 2.24) is 0 Å². The summed E-state index contributed by atoms with van der Waals surface area (Å²) in [5, 5.41) is 9.66. The Kier molecular flexibility index (Phi) is 2.78. The Morgan fingerprint density at radius 2 is 2.25 bits per heavy atom. The number of nitrogens with two attached hydrogens (primary N) is 1. The fourth-order valence-electron chi connectivity index (χ4n) is 0.977. The van der Waals surface area contributed by atoms with Crippen molar-refractivity contribution in [3.63, 3.8) is 0 Å². The molecule has 0 atom stereocenters. The summed E-state index contributed by atoms with van der Waals surface area (Å²) in [7, 11) is 1.46. The Morgan fingerprint density at radius 3 is 2.75 bits per heavy atom. The Labute approximate surface area is 75.7 Å². The Hall–Kier alpha value is -0.930. The lowest BCUT2D eigenvalue weighted by Gasteiger charge is -2.08. The summed E-state index contributed by atoms with van der Waals surface area (Å²) in [6, 6.07) is 3.31. The van der Waals surface area contributed by atoms with E-state index in [9.17, 15) is 5.11 Å². The molecule has 1 aromatic rings. The summed E-state index contributed by atoms with van der Waals surface area (Å²) >= 11 is 5.65. The molecule has 0 aliphatic heterocycles. The van der Waals surface area contributed by atoms with Crippen molar-refractivity contribution in [1.29, 1.82) is 0 Å². The number of benzene rings is 1. The lowest BCUT2D eigenvalue weighted by Crippen LogP contribution is -1.99. The maximum Gasteiger partial charge on any atom is 0.177 e. The molecule has 12 heavy (non-hydrogen) atoms. The quantitative estimate of drug-likeness (QED) is 0.738. The standard InChI is InChI=1S/C8H10ClNO2/c1-12-8-5(4-10)2-3-6(9)7(8)11/h2-3,11H,4,10H2,1H3. The molecule has 0 aliphatic carbocycles. The average Bonchev–Trinajstić information content (AvgIpc) is 2.09. The van der Waals surface area contributed by atoms with Gasteiger partial charge >= 0.3 is 0 Å². The molecule has 4 heteroatoms. The van der Waals surface area contributed by atoms with E-state index in [0.29, 0.717) is 12.3 Å². The van der Waals surface area contributed by atoms with Gasteiger partial charge in [-0.3, -0.25) is 0 Å². The van der Waals surface area contributed by atoms with Gasteiger partial charge < -0.3 is 15.6 Å². The van der Waals surface area contributed by atoms with E-state index in [1.165, 1.54) is 7.11 Å². The second kappa shape index (κ2) is 3.65. The van der Waals surface area contributed by atoms with E-state index in [4.69, 9.17) is 22.1 Å². The molecule has 0 bridgehead atoms. The Bertz CT molecular complexity index is 289. The van der Waals surface area contributed by atoms with Crippen LogP contribution in [0.2, 0.25) is 5.02 Å². The molecule has 0 heterocycles. The van der Waals surface area contributed by atoms with E-state index < -0.39 is 0 Å². The number of hydrogen-bond donors (Lipinski definition) is 2. The van der Waals surface area contributed by atoms with Crippen LogP contribution in [0.5, 0.6) is 11.5 Å². The van der Waals surface area contributed by atoms with E-state index in [2.05, 4.69) is 0 Å². The number of ether oxygens (including phenoxy) is 1. The molecule has 0 spiro atoms. The smallest absolute Gasteiger partial charge is 0.177 e. The van der Waals surface area contributed by atoms with Crippen molar-refractivity contribution in [3.05, 3.63) is 22.7 Å². The number of phenols is 1. The molecule has 0 amide bonds. The normalized spacial score (nSPS) is 9.92. The minimum atomic E-state index is -0.0536. The fourth-order valence-corrected chi connectivity index (χ4v) is 1.13. The summed E-state index contributed by atoms with van der Waals surface area (Å²) in [6.45, 7) is 0.313. The number of hydrogen-bond acceptors (Lipinski definition) is 3. The third kappa shape index (κ3) is 1.47. The maximum absolute atomic E-state index is 9.40.